The van der Waals surface area contributed by atoms with Crippen LogP contribution in [0.4, 0.5) is 0 Å². The molecule has 2 aliphatic rings. The summed E-state index contributed by atoms with van der Waals surface area (Å²) in [6.45, 7) is 3.97. The van der Waals surface area contributed by atoms with E-state index in [2.05, 4.69) is 5.32 Å². The summed E-state index contributed by atoms with van der Waals surface area (Å²) >= 11 is 0. The smallest absolute Gasteiger partial charge is 0.0576 e. The van der Waals surface area contributed by atoms with Gasteiger partial charge in [0.05, 0.1) is 12.7 Å². The Morgan fingerprint density at radius 2 is 2.31 bits per heavy atom. The molecule has 2 rings (SSSR count). The molecule has 0 saturated carbocycles. The molecule has 2 fully saturated rings. The van der Waals surface area contributed by atoms with E-state index in [0.717, 1.165) is 26.4 Å². The van der Waals surface area contributed by atoms with Crippen LogP contribution in [0.1, 0.15) is 38.5 Å². The molecule has 3 heteroatoms. The number of hydrogen-bond donors (Lipinski definition) is 1. The normalized spacial score (nSPS) is 34.7. The molecule has 16 heavy (non-hydrogen) atoms. The second-order valence-electron chi connectivity index (χ2n) is 5.36. The van der Waals surface area contributed by atoms with Crippen LogP contribution < -0.4 is 5.32 Å². The van der Waals surface area contributed by atoms with Crippen molar-refractivity contribution < 1.29 is 9.47 Å². The Labute approximate surface area is 98.9 Å². The first-order valence-electron chi connectivity index (χ1n) is 6.69. The Bertz CT molecular complexity index is 196. The minimum atomic E-state index is 0.410. The van der Waals surface area contributed by atoms with E-state index in [1.54, 1.807) is 0 Å². The Kier molecular flexibility index (Phi) is 4.62. The third-order valence-electron chi connectivity index (χ3n) is 3.99. The zero-order chi connectivity index (χ0) is 11.3. The molecule has 2 atom stereocenters. The molecule has 2 aliphatic heterocycles. The van der Waals surface area contributed by atoms with Gasteiger partial charge in [0.25, 0.3) is 0 Å². The number of ether oxygens (including phenoxy) is 2. The van der Waals surface area contributed by atoms with Crippen LogP contribution >= 0.6 is 0 Å². The molecule has 0 radical (unpaired) electrons. The predicted octanol–water partition coefficient (Wildman–Crippen LogP) is 1.96. The van der Waals surface area contributed by atoms with Crippen LogP contribution in [0.25, 0.3) is 0 Å². The van der Waals surface area contributed by atoms with Crippen LogP contribution in [-0.2, 0) is 9.47 Å². The van der Waals surface area contributed by atoms with E-state index in [1.807, 2.05) is 7.05 Å². The zero-order valence-electron chi connectivity index (χ0n) is 10.5. The topological polar surface area (TPSA) is 30.5 Å². The molecular weight excluding hydrogens is 202 g/mol. The predicted molar refractivity (Wildman–Crippen MR) is 64.6 cm³/mol. The second-order valence-corrected chi connectivity index (χ2v) is 5.36. The standard InChI is InChI=1S/C13H25NO2/c1-14-10-13(7-9-15-11-13)6-2-4-12-5-3-8-16-12/h12,14H,2-11H2,1H3. The first-order valence-corrected chi connectivity index (χ1v) is 6.69. The molecule has 0 aromatic rings. The summed E-state index contributed by atoms with van der Waals surface area (Å²) in [5, 5.41) is 3.32. The molecule has 0 aromatic heterocycles. The minimum absolute atomic E-state index is 0.410. The van der Waals surface area contributed by atoms with Crippen LogP contribution in [0.3, 0.4) is 0 Å². The van der Waals surface area contributed by atoms with E-state index in [-0.39, 0.29) is 0 Å². The average Bonchev–Trinajstić information content (AvgIpc) is 2.90. The van der Waals surface area contributed by atoms with Crippen LogP contribution in [0.5, 0.6) is 0 Å². The molecule has 0 amide bonds. The van der Waals surface area contributed by atoms with Crippen molar-refractivity contribution in [1.29, 1.82) is 0 Å². The molecular formula is C13H25NO2. The van der Waals surface area contributed by atoms with Gasteiger partial charge in [-0.05, 0) is 39.2 Å². The quantitative estimate of drug-likeness (QED) is 0.752. The lowest BCUT2D eigenvalue weighted by Crippen LogP contribution is -2.33. The summed E-state index contributed by atoms with van der Waals surface area (Å²) < 4.78 is 11.2. The van der Waals surface area contributed by atoms with Gasteiger partial charge in [-0.3, -0.25) is 0 Å². The molecule has 0 aromatic carbocycles. The first-order chi connectivity index (χ1) is 7.85. The van der Waals surface area contributed by atoms with E-state index in [4.69, 9.17) is 9.47 Å². The highest BCUT2D eigenvalue weighted by molar-refractivity contribution is 4.85. The minimum Gasteiger partial charge on any atom is -0.381 e. The fraction of sp³-hybridized carbons (Fsp3) is 1.00. The third kappa shape index (κ3) is 3.19. The van der Waals surface area contributed by atoms with E-state index in [1.165, 1.54) is 38.5 Å². The monoisotopic (exact) mass is 227 g/mol. The fourth-order valence-electron chi connectivity index (χ4n) is 3.03. The van der Waals surface area contributed by atoms with E-state index in [9.17, 15) is 0 Å². The van der Waals surface area contributed by atoms with Gasteiger partial charge in [-0.25, -0.2) is 0 Å². The lowest BCUT2D eigenvalue weighted by Gasteiger charge is -2.27. The molecule has 1 N–H and O–H groups in total. The first kappa shape index (κ1) is 12.3. The van der Waals surface area contributed by atoms with Crippen LogP contribution in [0, 0.1) is 5.41 Å². The van der Waals surface area contributed by atoms with E-state index >= 15 is 0 Å². The maximum absolute atomic E-state index is 5.66. The molecule has 2 saturated heterocycles. The van der Waals surface area contributed by atoms with Gasteiger partial charge in [0.15, 0.2) is 0 Å². The van der Waals surface area contributed by atoms with Gasteiger partial charge in [-0.15, -0.1) is 0 Å². The van der Waals surface area contributed by atoms with Gasteiger partial charge in [0.1, 0.15) is 0 Å². The van der Waals surface area contributed by atoms with E-state index < -0.39 is 0 Å². The largest absolute Gasteiger partial charge is 0.381 e. The van der Waals surface area contributed by atoms with Crippen LogP contribution in [0.2, 0.25) is 0 Å². The molecule has 2 heterocycles. The van der Waals surface area contributed by atoms with Gasteiger partial charge in [0, 0.05) is 25.2 Å². The highest BCUT2D eigenvalue weighted by Gasteiger charge is 2.33. The Morgan fingerprint density at radius 3 is 2.94 bits per heavy atom. The molecule has 0 bridgehead atoms. The van der Waals surface area contributed by atoms with Gasteiger partial charge in [-0.1, -0.05) is 6.42 Å². The Balaban J connectivity index is 1.69. The van der Waals surface area contributed by atoms with Crippen molar-refractivity contribution in [2.45, 2.75) is 44.6 Å². The van der Waals surface area contributed by atoms with Crippen LogP contribution in [-0.4, -0.2) is 39.5 Å². The van der Waals surface area contributed by atoms with Gasteiger partial charge >= 0.3 is 0 Å². The molecule has 3 nitrogen and oxygen atoms in total. The summed E-state index contributed by atoms with van der Waals surface area (Å²) in [5.41, 5.74) is 0.410. The summed E-state index contributed by atoms with van der Waals surface area (Å²) in [4.78, 5) is 0. The van der Waals surface area contributed by atoms with Crippen LogP contribution in [0.15, 0.2) is 0 Å². The maximum atomic E-state index is 5.66. The molecule has 2 unspecified atom stereocenters. The van der Waals surface area contributed by atoms with Gasteiger partial charge in [0.2, 0.25) is 0 Å². The fourth-order valence-corrected chi connectivity index (χ4v) is 3.03. The SMILES string of the molecule is CNCC1(CCCC2CCCO2)CCOC1. The van der Waals surface area contributed by atoms with Gasteiger partial charge in [-0.2, -0.15) is 0 Å². The summed E-state index contributed by atoms with van der Waals surface area (Å²) in [6.07, 6.45) is 8.12. The highest BCUT2D eigenvalue weighted by atomic mass is 16.5. The number of rotatable bonds is 6. The van der Waals surface area contributed by atoms with Crippen molar-refractivity contribution in [2.75, 3.05) is 33.4 Å². The Hall–Kier alpha value is -0.120. The molecule has 0 spiro atoms. The molecule has 0 aliphatic carbocycles. The summed E-state index contributed by atoms with van der Waals surface area (Å²) in [7, 11) is 2.04. The second kappa shape index (κ2) is 5.99. The lowest BCUT2D eigenvalue weighted by atomic mass is 9.81. The van der Waals surface area contributed by atoms with Crippen molar-refractivity contribution in [3.63, 3.8) is 0 Å². The average molecular weight is 227 g/mol. The summed E-state index contributed by atoms with van der Waals surface area (Å²) in [5.74, 6) is 0. The lowest BCUT2D eigenvalue weighted by molar-refractivity contribution is 0.0941. The summed E-state index contributed by atoms with van der Waals surface area (Å²) in [6, 6.07) is 0. The van der Waals surface area contributed by atoms with E-state index in [0.29, 0.717) is 11.5 Å². The van der Waals surface area contributed by atoms with Crippen molar-refractivity contribution in [3.8, 4) is 0 Å². The van der Waals surface area contributed by atoms with Gasteiger partial charge < -0.3 is 14.8 Å². The van der Waals surface area contributed by atoms with Crippen molar-refractivity contribution in [2.24, 2.45) is 5.41 Å². The molecule has 94 valence electrons. The third-order valence-corrected chi connectivity index (χ3v) is 3.99. The Morgan fingerprint density at radius 1 is 1.38 bits per heavy atom. The van der Waals surface area contributed by atoms with Crippen molar-refractivity contribution in [1.82, 2.24) is 5.32 Å². The number of nitrogens with one attached hydrogen (secondary N) is 1. The maximum Gasteiger partial charge on any atom is 0.0576 e. The zero-order valence-corrected chi connectivity index (χ0v) is 10.5. The van der Waals surface area contributed by atoms with Crippen molar-refractivity contribution >= 4 is 0 Å². The highest BCUT2D eigenvalue weighted by Crippen LogP contribution is 2.34. The van der Waals surface area contributed by atoms with Crippen molar-refractivity contribution in [3.05, 3.63) is 0 Å². The number of hydrogen-bond acceptors (Lipinski definition) is 3.